The van der Waals surface area contributed by atoms with Crippen molar-refractivity contribution >= 4 is 11.8 Å². The van der Waals surface area contributed by atoms with Crippen LogP contribution < -0.4 is 0 Å². The molecule has 0 saturated carbocycles. The molecule has 0 bridgehead atoms. The summed E-state index contributed by atoms with van der Waals surface area (Å²) in [5, 5.41) is 6.83. The molecule has 30 heavy (non-hydrogen) atoms. The average molecular weight is 413 g/mol. The van der Waals surface area contributed by atoms with E-state index in [1.165, 1.54) is 24.0 Å². The highest BCUT2D eigenvalue weighted by atomic mass is 32.2. The predicted octanol–water partition coefficient (Wildman–Crippen LogP) is 4.51. The van der Waals surface area contributed by atoms with Crippen molar-refractivity contribution in [2.24, 2.45) is 0 Å². The Morgan fingerprint density at radius 2 is 1.73 bits per heavy atom. The van der Waals surface area contributed by atoms with Gasteiger partial charge in [-0.1, -0.05) is 30.3 Å². The smallest absolute Gasteiger partial charge is 0.194 e. The average Bonchev–Trinajstić information content (AvgIpc) is 3.48. The standard InChI is InChI=1S/C23H20N6S/c1-2-7-16(8-3-1)18-13-19-21(25-15-18)30-23-26-20(17-9-6-10-24-14-17)27-29(23)22(19)28-11-4-5-12-28/h1-3,6-10,13-15,22H,4-5,11-12H2/t22-/m0/s1. The lowest BCUT2D eigenvalue weighted by Gasteiger charge is -2.32. The number of benzene rings is 1. The van der Waals surface area contributed by atoms with Crippen molar-refractivity contribution < 1.29 is 0 Å². The zero-order valence-corrected chi connectivity index (χ0v) is 17.2. The lowest BCUT2D eigenvalue weighted by atomic mass is 10.0. The van der Waals surface area contributed by atoms with Crippen LogP contribution in [0.2, 0.25) is 0 Å². The molecule has 2 aliphatic rings. The van der Waals surface area contributed by atoms with Crippen LogP contribution >= 0.6 is 11.8 Å². The Balaban J connectivity index is 1.48. The van der Waals surface area contributed by atoms with Crippen molar-refractivity contribution in [3.8, 4) is 22.5 Å². The molecular weight excluding hydrogens is 392 g/mol. The Hall–Kier alpha value is -3.03. The summed E-state index contributed by atoms with van der Waals surface area (Å²) in [6, 6.07) is 16.6. The van der Waals surface area contributed by atoms with E-state index >= 15 is 0 Å². The fraction of sp³-hybridized carbons (Fsp3) is 0.217. The highest BCUT2D eigenvalue weighted by molar-refractivity contribution is 7.99. The van der Waals surface area contributed by atoms with E-state index in [1.54, 1.807) is 18.0 Å². The number of fused-ring (bicyclic) bond motifs is 2. The van der Waals surface area contributed by atoms with Crippen molar-refractivity contribution in [1.29, 1.82) is 0 Å². The first-order valence-corrected chi connectivity index (χ1v) is 11.0. The summed E-state index contributed by atoms with van der Waals surface area (Å²) in [6.07, 6.45) is 8.00. The van der Waals surface area contributed by atoms with Gasteiger partial charge in [0.15, 0.2) is 11.0 Å². The predicted molar refractivity (Wildman–Crippen MR) is 116 cm³/mol. The lowest BCUT2D eigenvalue weighted by Crippen LogP contribution is -2.34. The third kappa shape index (κ3) is 3.02. The van der Waals surface area contributed by atoms with E-state index in [2.05, 4.69) is 44.9 Å². The Kier molecular flexibility index (Phi) is 4.35. The normalized spacial score (nSPS) is 18.2. The summed E-state index contributed by atoms with van der Waals surface area (Å²) in [4.78, 5) is 16.4. The quantitative estimate of drug-likeness (QED) is 0.493. The van der Waals surface area contributed by atoms with Gasteiger partial charge in [-0.2, -0.15) is 0 Å². The maximum absolute atomic E-state index is 4.92. The molecule has 0 amide bonds. The highest BCUT2D eigenvalue weighted by Crippen LogP contribution is 2.43. The Labute approximate surface area is 179 Å². The van der Waals surface area contributed by atoms with E-state index in [-0.39, 0.29) is 6.17 Å². The molecule has 4 aromatic rings. The number of pyridine rings is 2. The first-order chi connectivity index (χ1) is 14.9. The van der Waals surface area contributed by atoms with E-state index in [9.17, 15) is 0 Å². The van der Waals surface area contributed by atoms with Gasteiger partial charge in [-0.05, 0) is 48.4 Å². The van der Waals surface area contributed by atoms with Crippen LogP contribution in [0, 0.1) is 0 Å². The summed E-state index contributed by atoms with van der Waals surface area (Å²) < 4.78 is 2.08. The summed E-state index contributed by atoms with van der Waals surface area (Å²) in [5.74, 6) is 0.714. The molecule has 6 rings (SSSR count). The molecule has 0 aliphatic carbocycles. The van der Waals surface area contributed by atoms with Gasteiger partial charge in [0.25, 0.3) is 0 Å². The van der Waals surface area contributed by atoms with Crippen molar-refractivity contribution in [2.45, 2.75) is 29.2 Å². The van der Waals surface area contributed by atoms with E-state index in [0.717, 1.165) is 34.4 Å². The van der Waals surface area contributed by atoms with Gasteiger partial charge in [0, 0.05) is 48.4 Å². The number of likely N-dealkylation sites (tertiary alicyclic amines) is 1. The molecule has 1 fully saturated rings. The van der Waals surface area contributed by atoms with Crippen LogP contribution in [0.15, 0.2) is 77.3 Å². The number of aromatic nitrogens is 5. The van der Waals surface area contributed by atoms with Gasteiger partial charge in [-0.15, -0.1) is 5.10 Å². The highest BCUT2D eigenvalue weighted by Gasteiger charge is 2.35. The third-order valence-corrected chi connectivity index (χ3v) is 6.69. The topological polar surface area (TPSA) is 59.7 Å². The summed E-state index contributed by atoms with van der Waals surface area (Å²) in [7, 11) is 0. The number of hydrogen-bond donors (Lipinski definition) is 0. The van der Waals surface area contributed by atoms with Crippen LogP contribution in [0.25, 0.3) is 22.5 Å². The van der Waals surface area contributed by atoms with Gasteiger partial charge in [-0.25, -0.2) is 14.6 Å². The molecule has 0 N–H and O–H groups in total. The minimum Gasteiger partial charge on any atom is -0.278 e. The SMILES string of the molecule is c1ccc(-c2cnc3c(c2)[C@@H](N2CCCC2)n2nc(-c4cccnc4)nc2S3)cc1. The summed E-state index contributed by atoms with van der Waals surface area (Å²) in [5.41, 5.74) is 4.45. The van der Waals surface area contributed by atoms with Gasteiger partial charge in [0.05, 0.1) is 0 Å². The maximum atomic E-state index is 4.92. The number of nitrogens with zero attached hydrogens (tertiary/aromatic N) is 6. The van der Waals surface area contributed by atoms with Crippen LogP contribution in [-0.2, 0) is 0 Å². The van der Waals surface area contributed by atoms with Crippen LogP contribution in [-0.4, -0.2) is 42.7 Å². The zero-order chi connectivity index (χ0) is 19.9. The fourth-order valence-corrected chi connectivity index (χ4v) is 5.17. The van der Waals surface area contributed by atoms with E-state index in [0.29, 0.717) is 5.82 Å². The monoisotopic (exact) mass is 412 g/mol. The first kappa shape index (κ1) is 17.8. The number of hydrogen-bond acceptors (Lipinski definition) is 6. The molecule has 0 spiro atoms. The zero-order valence-electron chi connectivity index (χ0n) is 16.3. The molecular formula is C23H20N6S. The molecule has 1 aromatic carbocycles. The Morgan fingerprint density at radius 3 is 2.53 bits per heavy atom. The van der Waals surface area contributed by atoms with E-state index < -0.39 is 0 Å². The van der Waals surface area contributed by atoms with Crippen molar-refractivity contribution in [3.05, 3.63) is 72.7 Å². The summed E-state index contributed by atoms with van der Waals surface area (Å²) in [6.45, 7) is 2.12. The second-order valence-corrected chi connectivity index (χ2v) is 8.56. The van der Waals surface area contributed by atoms with Gasteiger partial charge < -0.3 is 0 Å². The molecule has 1 saturated heterocycles. The minimum absolute atomic E-state index is 0.0211. The minimum atomic E-state index is 0.0211. The fourth-order valence-electron chi connectivity index (χ4n) is 4.24. The van der Waals surface area contributed by atoms with Gasteiger partial charge in [0.2, 0.25) is 0 Å². The third-order valence-electron chi connectivity index (χ3n) is 5.69. The Bertz CT molecular complexity index is 1190. The van der Waals surface area contributed by atoms with Gasteiger partial charge in [-0.3, -0.25) is 9.88 Å². The molecule has 6 nitrogen and oxygen atoms in total. The first-order valence-electron chi connectivity index (χ1n) is 10.2. The van der Waals surface area contributed by atoms with E-state index in [1.807, 2.05) is 30.6 Å². The van der Waals surface area contributed by atoms with Gasteiger partial charge in [0.1, 0.15) is 11.2 Å². The second kappa shape index (κ2) is 7.34. The molecule has 5 heterocycles. The molecule has 1 atom stereocenters. The second-order valence-electron chi connectivity index (χ2n) is 7.61. The molecule has 3 aromatic heterocycles. The molecule has 0 radical (unpaired) electrons. The summed E-state index contributed by atoms with van der Waals surface area (Å²) >= 11 is 1.60. The van der Waals surface area contributed by atoms with Crippen LogP contribution in [0.4, 0.5) is 0 Å². The van der Waals surface area contributed by atoms with Gasteiger partial charge >= 0.3 is 0 Å². The maximum Gasteiger partial charge on any atom is 0.194 e. The lowest BCUT2D eigenvalue weighted by molar-refractivity contribution is 0.182. The Morgan fingerprint density at radius 1 is 0.900 bits per heavy atom. The molecule has 0 unspecified atom stereocenters. The molecule has 148 valence electrons. The molecule has 2 aliphatic heterocycles. The van der Waals surface area contributed by atoms with Crippen molar-refractivity contribution in [1.82, 2.24) is 29.6 Å². The molecule has 7 heteroatoms. The van der Waals surface area contributed by atoms with Crippen LogP contribution in [0.3, 0.4) is 0 Å². The van der Waals surface area contributed by atoms with E-state index in [4.69, 9.17) is 15.1 Å². The van der Waals surface area contributed by atoms with Crippen LogP contribution in [0.1, 0.15) is 24.6 Å². The van der Waals surface area contributed by atoms with Crippen molar-refractivity contribution in [2.75, 3.05) is 13.1 Å². The van der Waals surface area contributed by atoms with Crippen LogP contribution in [0.5, 0.6) is 0 Å². The van der Waals surface area contributed by atoms with Crippen molar-refractivity contribution in [3.63, 3.8) is 0 Å². The largest absolute Gasteiger partial charge is 0.278 e. The number of rotatable bonds is 3.